The molecule has 24 heavy (non-hydrogen) atoms. The van der Waals surface area contributed by atoms with E-state index in [1.807, 2.05) is 25.3 Å². The Balaban J connectivity index is 1.53. The van der Waals surface area contributed by atoms with E-state index in [9.17, 15) is 8.78 Å². The van der Waals surface area contributed by atoms with Crippen LogP contribution < -0.4 is 4.90 Å². The predicted molar refractivity (Wildman–Crippen MR) is 93.4 cm³/mol. The molecule has 0 radical (unpaired) electrons. The second-order valence-corrected chi connectivity index (χ2v) is 6.53. The topological polar surface area (TPSA) is 19.0 Å². The van der Waals surface area contributed by atoms with Crippen LogP contribution in [-0.2, 0) is 0 Å². The van der Waals surface area contributed by atoms with Crippen LogP contribution in [0.3, 0.4) is 0 Å². The van der Waals surface area contributed by atoms with E-state index in [0.717, 1.165) is 30.4 Å². The van der Waals surface area contributed by atoms with Crippen molar-refractivity contribution >= 4 is 16.6 Å². The van der Waals surface area contributed by atoms with Crippen molar-refractivity contribution in [1.29, 1.82) is 0 Å². The molecule has 1 saturated carbocycles. The number of halogens is 2. The Kier molecular flexibility index (Phi) is 3.75. The quantitative estimate of drug-likeness (QED) is 0.693. The van der Waals surface area contributed by atoms with E-state index in [1.54, 1.807) is 18.2 Å². The molecule has 2 nitrogen and oxygen atoms in total. The Morgan fingerprint density at radius 1 is 1.17 bits per heavy atom. The number of H-pyrrole nitrogens is 1. The van der Waals surface area contributed by atoms with Crippen LogP contribution in [0.5, 0.6) is 0 Å². The fourth-order valence-corrected chi connectivity index (χ4v) is 3.64. The molecular weight excluding hydrogens is 306 g/mol. The zero-order chi connectivity index (χ0) is 16.7. The van der Waals surface area contributed by atoms with Gasteiger partial charge in [-0.3, -0.25) is 0 Å². The molecule has 2 atom stereocenters. The lowest BCUT2D eigenvalue weighted by Crippen LogP contribution is -2.26. The molecule has 3 aromatic rings. The van der Waals surface area contributed by atoms with Gasteiger partial charge in [0.15, 0.2) is 0 Å². The average molecular weight is 326 g/mol. The molecule has 0 amide bonds. The molecule has 0 spiro atoms. The first-order valence-electron chi connectivity index (χ1n) is 8.43. The lowest BCUT2D eigenvalue weighted by molar-refractivity contribution is 0.612. The van der Waals surface area contributed by atoms with Gasteiger partial charge < -0.3 is 9.88 Å². The highest BCUT2D eigenvalue weighted by Gasteiger charge is 2.40. The number of para-hydroxylation sites is 1. The second-order valence-electron chi connectivity index (χ2n) is 6.53. The number of nitrogens with one attached hydrogen (secondary N) is 1. The molecule has 1 aliphatic carbocycles. The zero-order valence-corrected chi connectivity index (χ0v) is 13.6. The van der Waals surface area contributed by atoms with Crippen LogP contribution in [0, 0.1) is 17.6 Å². The Bertz CT molecular complexity index is 871. The van der Waals surface area contributed by atoms with E-state index in [1.165, 1.54) is 17.7 Å². The molecule has 2 aromatic carbocycles. The maximum Gasteiger partial charge on any atom is 0.146 e. The number of hydrogen-bond acceptors (Lipinski definition) is 1. The summed E-state index contributed by atoms with van der Waals surface area (Å²) in [5.41, 5.74) is 2.81. The average Bonchev–Trinajstić information content (AvgIpc) is 3.22. The maximum absolute atomic E-state index is 14.0. The Morgan fingerprint density at radius 2 is 2.00 bits per heavy atom. The monoisotopic (exact) mass is 326 g/mol. The minimum Gasteiger partial charge on any atom is -0.369 e. The third-order valence-corrected chi connectivity index (χ3v) is 5.03. The molecule has 0 saturated heterocycles. The molecule has 1 fully saturated rings. The summed E-state index contributed by atoms with van der Waals surface area (Å²) in [4.78, 5) is 5.32. The fourth-order valence-electron chi connectivity index (χ4n) is 3.64. The highest BCUT2D eigenvalue weighted by molar-refractivity contribution is 5.84. The Morgan fingerprint density at radius 3 is 2.79 bits per heavy atom. The van der Waals surface area contributed by atoms with Crippen molar-refractivity contribution < 1.29 is 8.78 Å². The van der Waals surface area contributed by atoms with Crippen molar-refractivity contribution in [3.8, 4) is 0 Å². The molecule has 0 aliphatic heterocycles. The van der Waals surface area contributed by atoms with Crippen LogP contribution in [-0.4, -0.2) is 18.1 Å². The lowest BCUT2D eigenvalue weighted by Gasteiger charge is -2.23. The van der Waals surface area contributed by atoms with E-state index < -0.39 is 0 Å². The highest BCUT2D eigenvalue weighted by Crippen LogP contribution is 2.50. The first-order chi connectivity index (χ1) is 11.7. The minimum atomic E-state index is -0.206. The SMILES string of the molecule is CCN(C[C@@H]1C[C@H]1c1c[nH]c2ccc(F)cc12)c1ccccc1F. The van der Waals surface area contributed by atoms with Crippen molar-refractivity contribution in [3.63, 3.8) is 0 Å². The van der Waals surface area contributed by atoms with Crippen LogP contribution in [0.1, 0.15) is 24.8 Å². The molecule has 0 bridgehead atoms. The van der Waals surface area contributed by atoms with Gasteiger partial charge in [0.25, 0.3) is 0 Å². The maximum atomic E-state index is 14.0. The second kappa shape index (κ2) is 5.93. The van der Waals surface area contributed by atoms with Gasteiger partial charge in [0.2, 0.25) is 0 Å². The predicted octanol–water partition coefficient (Wildman–Crippen LogP) is 5.08. The Hall–Kier alpha value is -2.36. The summed E-state index contributed by atoms with van der Waals surface area (Å²) in [6, 6.07) is 11.8. The molecule has 1 aliphatic rings. The molecule has 124 valence electrons. The molecule has 4 heteroatoms. The number of nitrogens with zero attached hydrogens (tertiary/aromatic N) is 1. The summed E-state index contributed by atoms with van der Waals surface area (Å²) in [6.45, 7) is 3.64. The van der Waals surface area contributed by atoms with Gasteiger partial charge in [-0.25, -0.2) is 8.78 Å². The van der Waals surface area contributed by atoms with Gasteiger partial charge in [0, 0.05) is 30.2 Å². The number of aromatic amines is 1. The van der Waals surface area contributed by atoms with Crippen LogP contribution in [0.25, 0.3) is 10.9 Å². The third kappa shape index (κ3) is 2.66. The van der Waals surface area contributed by atoms with Crippen molar-refractivity contribution in [3.05, 3.63) is 65.9 Å². The largest absolute Gasteiger partial charge is 0.369 e. The zero-order valence-electron chi connectivity index (χ0n) is 13.6. The van der Waals surface area contributed by atoms with Crippen molar-refractivity contribution in [2.24, 2.45) is 5.92 Å². The van der Waals surface area contributed by atoms with Crippen molar-refractivity contribution in [2.75, 3.05) is 18.0 Å². The summed E-state index contributed by atoms with van der Waals surface area (Å²) < 4.78 is 27.6. The lowest BCUT2D eigenvalue weighted by atomic mass is 10.1. The van der Waals surface area contributed by atoms with Crippen LogP contribution in [0.4, 0.5) is 14.5 Å². The highest BCUT2D eigenvalue weighted by atomic mass is 19.1. The molecule has 1 heterocycles. The first kappa shape index (κ1) is 15.2. The van der Waals surface area contributed by atoms with Gasteiger partial charge >= 0.3 is 0 Å². The van der Waals surface area contributed by atoms with E-state index in [-0.39, 0.29) is 11.6 Å². The molecule has 1 N–H and O–H groups in total. The van der Waals surface area contributed by atoms with Crippen LogP contribution in [0.15, 0.2) is 48.7 Å². The number of fused-ring (bicyclic) bond motifs is 1. The van der Waals surface area contributed by atoms with E-state index in [4.69, 9.17) is 0 Å². The van der Waals surface area contributed by atoms with Crippen molar-refractivity contribution in [2.45, 2.75) is 19.3 Å². The summed E-state index contributed by atoms with van der Waals surface area (Å²) in [7, 11) is 0. The third-order valence-electron chi connectivity index (χ3n) is 5.03. The first-order valence-corrected chi connectivity index (χ1v) is 8.43. The normalized spacial score (nSPS) is 19.6. The molecule has 0 unspecified atom stereocenters. The summed E-state index contributed by atoms with van der Waals surface area (Å²) in [6.07, 6.45) is 3.06. The molecule has 4 rings (SSSR count). The molecular formula is C20H20F2N2. The van der Waals surface area contributed by atoms with E-state index in [2.05, 4.69) is 9.88 Å². The molecule has 1 aromatic heterocycles. The van der Waals surface area contributed by atoms with Gasteiger partial charge in [-0.2, -0.15) is 0 Å². The Labute approximate surface area is 140 Å². The van der Waals surface area contributed by atoms with Gasteiger partial charge in [-0.05, 0) is 61.1 Å². The van der Waals surface area contributed by atoms with E-state index in [0.29, 0.717) is 17.5 Å². The number of hydrogen-bond donors (Lipinski definition) is 1. The van der Waals surface area contributed by atoms with Crippen LogP contribution >= 0.6 is 0 Å². The van der Waals surface area contributed by atoms with Gasteiger partial charge in [0.05, 0.1) is 5.69 Å². The van der Waals surface area contributed by atoms with Gasteiger partial charge in [-0.15, -0.1) is 0 Å². The van der Waals surface area contributed by atoms with Crippen molar-refractivity contribution in [1.82, 2.24) is 4.98 Å². The van der Waals surface area contributed by atoms with E-state index >= 15 is 0 Å². The van der Waals surface area contributed by atoms with Crippen LogP contribution in [0.2, 0.25) is 0 Å². The van der Waals surface area contributed by atoms with Gasteiger partial charge in [-0.1, -0.05) is 12.1 Å². The minimum absolute atomic E-state index is 0.175. The fraction of sp³-hybridized carbons (Fsp3) is 0.300. The summed E-state index contributed by atoms with van der Waals surface area (Å²) in [5.74, 6) is 0.515. The van der Waals surface area contributed by atoms with Gasteiger partial charge in [0.1, 0.15) is 11.6 Å². The smallest absolute Gasteiger partial charge is 0.146 e. The number of aromatic nitrogens is 1. The number of rotatable bonds is 5. The number of anilines is 1. The number of benzene rings is 2. The standard InChI is InChI=1S/C20H20F2N2/c1-2-24(20-6-4-3-5-18(20)22)12-13-9-15(13)17-11-23-19-8-7-14(21)10-16(17)19/h3-8,10-11,13,15,23H,2,9,12H2,1H3/t13-,15+/m0/s1. The summed E-state index contributed by atoms with van der Waals surface area (Å²) >= 11 is 0. The summed E-state index contributed by atoms with van der Waals surface area (Å²) in [5, 5.41) is 0.969.